The van der Waals surface area contributed by atoms with Gasteiger partial charge in [0.1, 0.15) is 12.4 Å². The maximum absolute atomic E-state index is 10.4. The maximum atomic E-state index is 10.4. The number of hydrogen-bond acceptors (Lipinski definition) is 5. The third-order valence-electron chi connectivity index (χ3n) is 4.50. The predicted molar refractivity (Wildman–Crippen MR) is 91.6 cm³/mol. The number of rotatable bonds is 7. The minimum atomic E-state index is -0.326. The topological polar surface area (TPSA) is 63.4 Å². The van der Waals surface area contributed by atoms with Crippen LogP contribution in [0.25, 0.3) is 0 Å². The molecule has 0 spiro atoms. The van der Waals surface area contributed by atoms with Crippen LogP contribution >= 0.6 is 0 Å². The van der Waals surface area contributed by atoms with E-state index < -0.39 is 0 Å². The summed E-state index contributed by atoms with van der Waals surface area (Å²) in [5, 5.41) is 18.5. The summed E-state index contributed by atoms with van der Waals surface area (Å²) in [5.41, 5.74) is 1.27. The zero-order valence-corrected chi connectivity index (χ0v) is 14.2. The molecule has 2 heterocycles. The number of aryl methyl sites for hydroxylation is 2. The number of hydrogen-bond donors (Lipinski definition) is 1. The molecule has 1 fully saturated rings. The van der Waals surface area contributed by atoms with Gasteiger partial charge in [-0.05, 0) is 25.3 Å². The van der Waals surface area contributed by atoms with Gasteiger partial charge in [0, 0.05) is 26.2 Å². The van der Waals surface area contributed by atoms with Crippen molar-refractivity contribution in [1.82, 2.24) is 19.7 Å². The Morgan fingerprint density at radius 1 is 1.33 bits per heavy atom. The van der Waals surface area contributed by atoms with Crippen molar-refractivity contribution < 1.29 is 9.84 Å². The third-order valence-corrected chi connectivity index (χ3v) is 4.50. The van der Waals surface area contributed by atoms with E-state index in [1.807, 2.05) is 22.8 Å². The van der Waals surface area contributed by atoms with Gasteiger partial charge in [-0.25, -0.2) is 0 Å². The molecule has 24 heavy (non-hydrogen) atoms. The molecule has 1 N–H and O–H groups in total. The lowest BCUT2D eigenvalue weighted by Gasteiger charge is -2.33. The molecule has 0 aliphatic carbocycles. The second kappa shape index (κ2) is 8.37. The fraction of sp³-hybridized carbons (Fsp3) is 0.556. The van der Waals surface area contributed by atoms with E-state index in [9.17, 15) is 5.11 Å². The molecule has 1 aromatic heterocycles. The molecule has 0 bridgehead atoms. The van der Waals surface area contributed by atoms with E-state index in [-0.39, 0.29) is 12.2 Å². The molecule has 1 saturated heterocycles. The summed E-state index contributed by atoms with van der Waals surface area (Å²) in [6, 6.07) is 10.3. The summed E-state index contributed by atoms with van der Waals surface area (Å²) in [6.45, 7) is 5.84. The molecule has 1 aliphatic heterocycles. The Bertz CT molecular complexity index is 616. The van der Waals surface area contributed by atoms with E-state index in [0.717, 1.165) is 38.3 Å². The normalized spacial score (nSPS) is 20.2. The molecule has 2 aromatic rings. The minimum Gasteiger partial charge on any atom is -0.392 e. The maximum Gasteiger partial charge on any atom is 0.163 e. The van der Waals surface area contributed by atoms with E-state index in [4.69, 9.17) is 4.74 Å². The number of aliphatic hydroxyl groups excluding tert-OH is 1. The molecular weight excluding hydrogens is 304 g/mol. The molecule has 1 aliphatic rings. The highest BCUT2D eigenvalue weighted by Gasteiger charge is 2.26. The summed E-state index contributed by atoms with van der Waals surface area (Å²) >= 11 is 0. The fourth-order valence-corrected chi connectivity index (χ4v) is 3.15. The highest BCUT2D eigenvalue weighted by molar-refractivity contribution is 5.14. The van der Waals surface area contributed by atoms with Crippen LogP contribution in [0, 0.1) is 0 Å². The van der Waals surface area contributed by atoms with Gasteiger partial charge < -0.3 is 14.4 Å². The van der Waals surface area contributed by atoms with Crippen LogP contribution in [0.1, 0.15) is 30.8 Å². The van der Waals surface area contributed by atoms with Crippen LogP contribution in [-0.2, 0) is 17.7 Å². The number of morpholine rings is 1. The summed E-state index contributed by atoms with van der Waals surface area (Å²) in [5.74, 6) is 0.876. The Balaban J connectivity index is 1.50. The quantitative estimate of drug-likeness (QED) is 0.836. The van der Waals surface area contributed by atoms with Gasteiger partial charge >= 0.3 is 0 Å². The van der Waals surface area contributed by atoms with Gasteiger partial charge in [-0.1, -0.05) is 30.3 Å². The van der Waals surface area contributed by atoms with Crippen molar-refractivity contribution >= 4 is 0 Å². The van der Waals surface area contributed by atoms with E-state index in [1.54, 1.807) is 6.33 Å². The number of nitrogens with zero attached hydrogens (tertiary/aromatic N) is 4. The lowest BCUT2D eigenvalue weighted by atomic mass is 10.1. The molecular formula is C18H26N4O2. The van der Waals surface area contributed by atoms with E-state index in [2.05, 4.69) is 34.2 Å². The Morgan fingerprint density at radius 2 is 2.17 bits per heavy atom. The Labute approximate surface area is 143 Å². The standard InChI is InChI=1S/C18H26N4O2/c1-2-22-14-19-20-18(22)17-13-21(10-11-24-17)12-16(23)9-8-15-6-4-3-5-7-15/h3-7,14,16-17,23H,2,8-13H2,1H3/t16-,17-/m1/s1. The third kappa shape index (κ3) is 4.41. The van der Waals surface area contributed by atoms with E-state index in [1.165, 1.54) is 5.56 Å². The van der Waals surface area contributed by atoms with Gasteiger partial charge in [-0.2, -0.15) is 0 Å². The molecule has 2 atom stereocenters. The summed E-state index contributed by atoms with van der Waals surface area (Å²) in [6.07, 6.45) is 3.03. The number of benzene rings is 1. The zero-order valence-electron chi connectivity index (χ0n) is 14.2. The van der Waals surface area contributed by atoms with Crippen LogP contribution in [0.4, 0.5) is 0 Å². The van der Waals surface area contributed by atoms with E-state index >= 15 is 0 Å². The van der Waals surface area contributed by atoms with Crippen LogP contribution in [0.5, 0.6) is 0 Å². The summed E-state index contributed by atoms with van der Waals surface area (Å²) in [7, 11) is 0. The lowest BCUT2D eigenvalue weighted by molar-refractivity contribution is -0.0478. The smallest absolute Gasteiger partial charge is 0.163 e. The molecule has 130 valence electrons. The number of ether oxygens (including phenoxy) is 1. The van der Waals surface area contributed by atoms with Crippen LogP contribution in [0.3, 0.4) is 0 Å². The van der Waals surface area contributed by atoms with Gasteiger partial charge in [0.25, 0.3) is 0 Å². The van der Waals surface area contributed by atoms with Crippen molar-refractivity contribution in [2.45, 2.75) is 38.5 Å². The molecule has 0 radical (unpaired) electrons. The predicted octanol–water partition coefficient (Wildman–Crippen LogP) is 1.66. The summed E-state index contributed by atoms with van der Waals surface area (Å²) in [4.78, 5) is 2.26. The number of β-amino-alcohol motifs (C(OH)–C–C–N with tert-alkyl or cyclic N) is 1. The van der Waals surface area contributed by atoms with Gasteiger partial charge in [0.2, 0.25) is 0 Å². The Hall–Kier alpha value is -1.76. The van der Waals surface area contributed by atoms with Gasteiger partial charge in [-0.15, -0.1) is 10.2 Å². The Kier molecular flexibility index (Phi) is 5.96. The van der Waals surface area contributed by atoms with Gasteiger partial charge in [0.05, 0.1) is 12.7 Å². The van der Waals surface area contributed by atoms with Crippen LogP contribution < -0.4 is 0 Å². The van der Waals surface area contributed by atoms with Gasteiger partial charge in [-0.3, -0.25) is 4.90 Å². The molecule has 3 rings (SSSR count). The largest absolute Gasteiger partial charge is 0.392 e. The van der Waals surface area contributed by atoms with Crippen LogP contribution in [-0.4, -0.2) is 57.1 Å². The molecule has 6 nitrogen and oxygen atoms in total. The first kappa shape index (κ1) is 17.1. The zero-order chi connectivity index (χ0) is 16.8. The molecule has 0 saturated carbocycles. The Morgan fingerprint density at radius 3 is 2.96 bits per heavy atom. The number of aliphatic hydroxyl groups is 1. The second-order valence-electron chi connectivity index (χ2n) is 6.27. The van der Waals surface area contributed by atoms with Crippen LogP contribution in [0.15, 0.2) is 36.7 Å². The van der Waals surface area contributed by atoms with Crippen molar-refractivity contribution in [2.24, 2.45) is 0 Å². The van der Waals surface area contributed by atoms with Gasteiger partial charge in [0.15, 0.2) is 5.82 Å². The molecule has 6 heteroatoms. The van der Waals surface area contributed by atoms with Crippen molar-refractivity contribution in [3.05, 3.63) is 48.0 Å². The molecule has 1 aromatic carbocycles. The first-order valence-electron chi connectivity index (χ1n) is 8.70. The highest BCUT2D eigenvalue weighted by atomic mass is 16.5. The first-order valence-corrected chi connectivity index (χ1v) is 8.70. The minimum absolute atomic E-state index is 0.0671. The SMILES string of the molecule is CCn1cnnc1[C@H]1CN(C[C@H](O)CCc2ccccc2)CCO1. The first-order chi connectivity index (χ1) is 11.8. The van der Waals surface area contributed by atoms with E-state index in [0.29, 0.717) is 13.2 Å². The van der Waals surface area contributed by atoms with Crippen molar-refractivity contribution in [1.29, 1.82) is 0 Å². The number of aromatic nitrogens is 3. The average molecular weight is 330 g/mol. The average Bonchev–Trinajstić information content (AvgIpc) is 3.10. The van der Waals surface area contributed by atoms with Crippen molar-refractivity contribution in [2.75, 3.05) is 26.2 Å². The molecule has 0 amide bonds. The lowest BCUT2D eigenvalue weighted by Crippen LogP contribution is -2.43. The van der Waals surface area contributed by atoms with Crippen LogP contribution in [0.2, 0.25) is 0 Å². The van der Waals surface area contributed by atoms with Crippen molar-refractivity contribution in [3.63, 3.8) is 0 Å². The fourth-order valence-electron chi connectivity index (χ4n) is 3.15. The van der Waals surface area contributed by atoms with Crippen molar-refractivity contribution in [3.8, 4) is 0 Å². The second-order valence-corrected chi connectivity index (χ2v) is 6.27. The molecule has 0 unspecified atom stereocenters. The summed E-state index contributed by atoms with van der Waals surface area (Å²) < 4.78 is 7.87. The highest BCUT2D eigenvalue weighted by Crippen LogP contribution is 2.21. The monoisotopic (exact) mass is 330 g/mol.